The predicted molar refractivity (Wildman–Crippen MR) is 102 cm³/mol. The van der Waals surface area contributed by atoms with Gasteiger partial charge in [0.15, 0.2) is 5.78 Å². The van der Waals surface area contributed by atoms with Gasteiger partial charge in [0.1, 0.15) is 29.6 Å². The molecule has 0 saturated heterocycles. The monoisotopic (exact) mass is 456 g/mol. The van der Waals surface area contributed by atoms with Crippen molar-refractivity contribution < 1.29 is 31.9 Å². The van der Waals surface area contributed by atoms with E-state index < -0.39 is 29.1 Å². The fourth-order valence-electron chi connectivity index (χ4n) is 4.54. The van der Waals surface area contributed by atoms with Gasteiger partial charge in [-0.15, -0.1) is 0 Å². The molecule has 3 saturated carbocycles. The third-order valence-electron chi connectivity index (χ3n) is 5.65. The zero-order chi connectivity index (χ0) is 22.4. The topological polar surface area (TPSA) is 68.3 Å². The summed E-state index contributed by atoms with van der Waals surface area (Å²) in [5.74, 6) is -1.27. The summed E-state index contributed by atoms with van der Waals surface area (Å²) in [5, 5.41) is 2.71. The number of pyridine rings is 1. The van der Waals surface area contributed by atoms with E-state index in [1.165, 1.54) is 18.2 Å². The molecule has 3 aliphatic rings. The molecule has 31 heavy (non-hydrogen) atoms. The van der Waals surface area contributed by atoms with Crippen molar-refractivity contribution in [3.8, 4) is 5.75 Å². The first-order valence-corrected chi connectivity index (χ1v) is 9.84. The van der Waals surface area contributed by atoms with Gasteiger partial charge in [-0.25, -0.2) is 9.37 Å². The number of rotatable bonds is 7. The zero-order valence-electron chi connectivity index (χ0n) is 16.1. The maximum Gasteiger partial charge on any atom is 0.433 e. The Morgan fingerprint density at radius 1 is 1.16 bits per heavy atom. The summed E-state index contributed by atoms with van der Waals surface area (Å²) in [6.07, 6.45) is -2.69. The Labute approximate surface area is 179 Å². The lowest BCUT2D eigenvalue weighted by atomic mass is 9.38. The molecule has 0 spiro atoms. The van der Waals surface area contributed by atoms with Crippen molar-refractivity contribution in [1.82, 2.24) is 10.3 Å². The summed E-state index contributed by atoms with van der Waals surface area (Å²) >= 11 is 5.60. The molecule has 5 nitrogen and oxygen atoms in total. The number of ether oxygens (including phenoxy) is 1. The Kier molecular flexibility index (Phi) is 5.20. The van der Waals surface area contributed by atoms with E-state index in [2.05, 4.69) is 10.3 Å². The summed E-state index contributed by atoms with van der Waals surface area (Å²) in [7, 11) is 0. The number of carbonyl (C=O) groups excluding carboxylic acids is 2. The first-order valence-electron chi connectivity index (χ1n) is 9.46. The molecule has 2 aromatic rings. The number of nitrogens with zero attached hydrogens (tertiary/aromatic N) is 1. The average molecular weight is 457 g/mol. The van der Waals surface area contributed by atoms with Crippen LogP contribution in [0.4, 0.5) is 17.6 Å². The van der Waals surface area contributed by atoms with E-state index >= 15 is 0 Å². The molecule has 1 aromatic heterocycles. The van der Waals surface area contributed by atoms with Gasteiger partial charge in [-0.1, -0.05) is 17.7 Å². The Morgan fingerprint density at radius 3 is 2.52 bits per heavy atom. The molecule has 0 atom stereocenters. The van der Waals surface area contributed by atoms with Gasteiger partial charge in [0.2, 0.25) is 0 Å². The molecule has 1 N–H and O–H groups in total. The smallest absolute Gasteiger partial charge is 0.433 e. The van der Waals surface area contributed by atoms with Crippen LogP contribution in [0.5, 0.6) is 5.75 Å². The molecule has 164 valence electrons. The van der Waals surface area contributed by atoms with Crippen LogP contribution in [0.1, 0.15) is 41.9 Å². The van der Waals surface area contributed by atoms with Crippen molar-refractivity contribution in [2.75, 3.05) is 6.61 Å². The lowest BCUT2D eigenvalue weighted by molar-refractivity contribution is -0.162. The fourth-order valence-corrected chi connectivity index (χ4v) is 4.66. The van der Waals surface area contributed by atoms with E-state index in [1.807, 2.05) is 0 Å². The van der Waals surface area contributed by atoms with E-state index in [4.69, 9.17) is 16.3 Å². The molecule has 1 aromatic carbocycles. The first-order chi connectivity index (χ1) is 14.5. The molecule has 3 aliphatic carbocycles. The van der Waals surface area contributed by atoms with Crippen LogP contribution in [0.3, 0.4) is 0 Å². The summed E-state index contributed by atoms with van der Waals surface area (Å²) in [6, 6.07) is 7.07. The summed E-state index contributed by atoms with van der Waals surface area (Å²) in [4.78, 5) is 27.9. The number of hydrogen-bond donors (Lipinski definition) is 1. The van der Waals surface area contributed by atoms with Crippen LogP contribution >= 0.6 is 11.6 Å². The van der Waals surface area contributed by atoms with Crippen LogP contribution in [0.15, 0.2) is 36.4 Å². The molecule has 1 amide bonds. The van der Waals surface area contributed by atoms with Crippen molar-refractivity contribution in [2.24, 2.45) is 5.41 Å². The van der Waals surface area contributed by atoms with Crippen LogP contribution in [-0.2, 0) is 11.0 Å². The summed E-state index contributed by atoms with van der Waals surface area (Å²) < 4.78 is 57.0. The van der Waals surface area contributed by atoms with Crippen molar-refractivity contribution >= 4 is 23.3 Å². The minimum absolute atomic E-state index is 0.0415. The van der Waals surface area contributed by atoms with E-state index in [-0.39, 0.29) is 40.7 Å². The van der Waals surface area contributed by atoms with E-state index in [9.17, 15) is 27.2 Å². The average Bonchev–Trinajstić information content (AvgIpc) is 2.65. The standard InChI is InChI=1S/C21H17ClF4N2O3/c22-14-5-4-13(6-15(14)23)31-8-12(29)7-19-9-20(10-19,11-19)28-18(30)16-2-1-3-17(27-16)21(24,25)26/h1-6H,7-11H2,(H,28,30). The molecule has 2 bridgehead atoms. The molecular weight excluding hydrogens is 440 g/mol. The maximum absolute atomic E-state index is 13.4. The van der Waals surface area contributed by atoms with Crippen molar-refractivity contribution in [2.45, 2.75) is 37.4 Å². The van der Waals surface area contributed by atoms with Crippen LogP contribution in [0.2, 0.25) is 5.02 Å². The zero-order valence-corrected chi connectivity index (χ0v) is 16.8. The van der Waals surface area contributed by atoms with Gasteiger partial charge in [0.05, 0.1) is 5.02 Å². The number of benzene rings is 1. The van der Waals surface area contributed by atoms with Crippen molar-refractivity contribution in [3.05, 3.63) is 58.6 Å². The number of alkyl halides is 3. The number of nitrogens with one attached hydrogen (secondary N) is 1. The second-order valence-corrected chi connectivity index (χ2v) is 8.66. The Hall–Kier alpha value is -2.68. The van der Waals surface area contributed by atoms with Gasteiger partial charge < -0.3 is 10.1 Å². The highest BCUT2D eigenvalue weighted by atomic mass is 35.5. The third kappa shape index (κ3) is 4.37. The maximum atomic E-state index is 13.4. The normalized spacial score (nSPS) is 24.0. The second kappa shape index (κ2) is 7.47. The Morgan fingerprint density at radius 2 is 1.87 bits per heavy atom. The van der Waals surface area contributed by atoms with E-state index in [0.717, 1.165) is 18.2 Å². The molecule has 1 heterocycles. The molecule has 10 heteroatoms. The van der Waals surface area contributed by atoms with Gasteiger partial charge in [-0.05, 0) is 48.9 Å². The molecule has 0 aliphatic heterocycles. The highest BCUT2D eigenvalue weighted by Crippen LogP contribution is 2.69. The SMILES string of the molecule is O=C(COc1ccc(Cl)c(F)c1)CC12CC(NC(=O)c3cccc(C(F)(F)F)n3)(C1)C2. The van der Waals surface area contributed by atoms with Crippen molar-refractivity contribution in [3.63, 3.8) is 0 Å². The van der Waals surface area contributed by atoms with Gasteiger partial charge in [0.25, 0.3) is 5.91 Å². The fraction of sp³-hybridized carbons (Fsp3) is 0.381. The molecular formula is C21H17ClF4N2O3. The minimum atomic E-state index is -4.63. The quantitative estimate of drug-likeness (QED) is 0.619. The number of carbonyl (C=O) groups is 2. The van der Waals surface area contributed by atoms with Gasteiger partial charge in [-0.2, -0.15) is 13.2 Å². The van der Waals surface area contributed by atoms with E-state index in [1.54, 1.807) is 0 Å². The minimum Gasteiger partial charge on any atom is -0.486 e. The van der Waals surface area contributed by atoms with Crippen LogP contribution in [0, 0.1) is 11.2 Å². The first kappa shape index (κ1) is 21.5. The molecule has 3 fully saturated rings. The summed E-state index contributed by atoms with van der Waals surface area (Å²) in [5.41, 5.74) is -2.16. The number of aromatic nitrogens is 1. The van der Waals surface area contributed by atoms with E-state index in [0.29, 0.717) is 19.3 Å². The lowest BCUT2D eigenvalue weighted by Gasteiger charge is -2.70. The molecule has 0 unspecified atom stereocenters. The number of halogens is 5. The number of ketones is 1. The number of hydrogen-bond acceptors (Lipinski definition) is 4. The second-order valence-electron chi connectivity index (χ2n) is 8.25. The van der Waals surface area contributed by atoms with Gasteiger partial charge >= 0.3 is 6.18 Å². The number of amides is 1. The third-order valence-corrected chi connectivity index (χ3v) is 5.96. The van der Waals surface area contributed by atoms with Crippen LogP contribution in [-0.4, -0.2) is 28.8 Å². The van der Waals surface area contributed by atoms with Crippen molar-refractivity contribution in [1.29, 1.82) is 0 Å². The predicted octanol–water partition coefficient (Wildman–Crippen LogP) is 4.58. The molecule has 0 radical (unpaired) electrons. The van der Waals surface area contributed by atoms with Crippen LogP contribution in [0.25, 0.3) is 0 Å². The van der Waals surface area contributed by atoms with Gasteiger partial charge in [-0.3, -0.25) is 9.59 Å². The lowest BCUT2D eigenvalue weighted by Crippen LogP contribution is -2.75. The molecule has 5 rings (SSSR count). The summed E-state index contributed by atoms with van der Waals surface area (Å²) in [6.45, 7) is -0.212. The Balaban J connectivity index is 1.26. The highest BCUT2D eigenvalue weighted by Gasteiger charge is 2.68. The van der Waals surface area contributed by atoms with Gasteiger partial charge in [0, 0.05) is 18.0 Å². The number of Topliss-reactive ketones (excluding diaryl/α,β-unsaturated/α-hetero) is 1. The van der Waals surface area contributed by atoms with Crippen LogP contribution < -0.4 is 10.1 Å². The highest BCUT2D eigenvalue weighted by molar-refractivity contribution is 6.30. The largest absolute Gasteiger partial charge is 0.486 e. The Bertz CT molecular complexity index is 1040.